The molecule has 0 spiro atoms. The van der Waals surface area contributed by atoms with E-state index in [1.54, 1.807) is 0 Å². The van der Waals surface area contributed by atoms with Crippen LogP contribution in [0, 0.1) is 0 Å². The molecule has 19 heavy (non-hydrogen) atoms. The fourth-order valence-electron chi connectivity index (χ4n) is 2.00. The molecule has 0 saturated carbocycles. The molecule has 0 saturated heterocycles. The number of allylic oxidation sites excluding steroid dienone is 2. The molecule has 1 aromatic heterocycles. The summed E-state index contributed by atoms with van der Waals surface area (Å²) >= 11 is 0. The van der Waals surface area contributed by atoms with E-state index in [2.05, 4.69) is 4.98 Å². The van der Waals surface area contributed by atoms with Gasteiger partial charge in [0.1, 0.15) is 0 Å². The van der Waals surface area contributed by atoms with Gasteiger partial charge in [-0.1, -0.05) is 6.08 Å². The van der Waals surface area contributed by atoms with Gasteiger partial charge in [-0.2, -0.15) is 0 Å². The molecular weight excluding hydrogens is 250 g/mol. The van der Waals surface area contributed by atoms with E-state index < -0.39 is 12.4 Å². The van der Waals surface area contributed by atoms with Crippen molar-refractivity contribution in [3.8, 4) is 0 Å². The highest BCUT2D eigenvalue weighted by atomic mass is 16.5. The molecule has 1 aromatic rings. The molecule has 100 valence electrons. The Labute approximate surface area is 109 Å². The molecule has 1 heterocycles. The van der Waals surface area contributed by atoms with Gasteiger partial charge >= 0.3 is 0 Å². The minimum absolute atomic E-state index is 0.0520. The lowest BCUT2D eigenvalue weighted by Gasteiger charge is -2.11. The molecule has 0 aromatic carbocycles. The second-order valence-electron chi connectivity index (χ2n) is 3.92. The molecule has 1 aliphatic rings. The Hall–Kier alpha value is -2.18. The maximum absolute atomic E-state index is 12.1. The van der Waals surface area contributed by atoms with Crippen LogP contribution in [0.3, 0.4) is 0 Å². The van der Waals surface area contributed by atoms with Crippen LogP contribution in [-0.2, 0) is 11.3 Å². The number of aromatic nitrogens is 1. The first-order chi connectivity index (χ1) is 9.13. The van der Waals surface area contributed by atoms with Crippen LogP contribution in [0.2, 0.25) is 0 Å². The van der Waals surface area contributed by atoms with Gasteiger partial charge < -0.3 is 19.9 Å². The molecule has 1 aliphatic carbocycles. The van der Waals surface area contributed by atoms with Gasteiger partial charge in [0.05, 0.1) is 31.6 Å². The van der Waals surface area contributed by atoms with Crippen LogP contribution < -0.4 is 0 Å². The number of methoxy groups -OCH3 is 1. The average Bonchev–Trinajstić information content (AvgIpc) is 2.79. The van der Waals surface area contributed by atoms with Gasteiger partial charge in [-0.05, 0) is 6.08 Å². The van der Waals surface area contributed by atoms with E-state index in [-0.39, 0.29) is 29.4 Å². The van der Waals surface area contributed by atoms with Crippen LogP contribution >= 0.6 is 0 Å². The van der Waals surface area contributed by atoms with Crippen molar-refractivity contribution >= 4 is 17.6 Å². The highest BCUT2D eigenvalue weighted by Crippen LogP contribution is 2.28. The lowest BCUT2D eigenvalue weighted by molar-refractivity contribution is 0.0913. The van der Waals surface area contributed by atoms with E-state index >= 15 is 0 Å². The lowest BCUT2D eigenvalue weighted by atomic mass is 9.96. The summed E-state index contributed by atoms with van der Waals surface area (Å²) in [5.74, 6) is -0.880. The predicted molar refractivity (Wildman–Crippen MR) is 66.6 cm³/mol. The van der Waals surface area contributed by atoms with Crippen molar-refractivity contribution in [2.75, 3.05) is 13.7 Å². The Morgan fingerprint density at radius 3 is 2.68 bits per heavy atom. The summed E-state index contributed by atoms with van der Waals surface area (Å²) in [6.07, 6.45) is 4.06. The number of ketones is 2. The normalized spacial score (nSPS) is 14.8. The molecule has 0 aliphatic heterocycles. The summed E-state index contributed by atoms with van der Waals surface area (Å²) in [5, 5.41) is 18.1. The molecule has 0 unspecified atom stereocenters. The van der Waals surface area contributed by atoms with Gasteiger partial charge in [0.2, 0.25) is 11.6 Å². The Morgan fingerprint density at radius 1 is 1.37 bits per heavy atom. The number of hydrogen-bond donors (Lipinski definition) is 3. The van der Waals surface area contributed by atoms with Crippen molar-refractivity contribution in [3.05, 3.63) is 40.4 Å². The number of carbonyl (C=O) groups is 2. The first kappa shape index (κ1) is 13.3. The Kier molecular flexibility index (Phi) is 3.64. The molecular formula is C13H13NO5. The third-order valence-electron chi connectivity index (χ3n) is 2.86. The van der Waals surface area contributed by atoms with E-state index in [9.17, 15) is 14.7 Å². The molecule has 2 rings (SSSR count). The Morgan fingerprint density at radius 2 is 2.11 bits per heavy atom. The van der Waals surface area contributed by atoms with Crippen LogP contribution in [0.4, 0.5) is 0 Å². The molecule has 0 amide bonds. The van der Waals surface area contributed by atoms with Gasteiger partial charge in [-0.25, -0.2) is 0 Å². The number of fused-ring (bicyclic) bond motifs is 1. The molecule has 0 atom stereocenters. The van der Waals surface area contributed by atoms with E-state index in [0.717, 1.165) is 6.08 Å². The Bertz CT molecular complexity index is 594. The van der Waals surface area contributed by atoms with Gasteiger partial charge in [0.15, 0.2) is 5.76 Å². The molecule has 6 heteroatoms. The van der Waals surface area contributed by atoms with Crippen molar-refractivity contribution in [2.24, 2.45) is 0 Å². The number of aliphatic hydroxyl groups excluding tert-OH is 2. The largest absolute Gasteiger partial charge is 0.492 e. The van der Waals surface area contributed by atoms with Crippen molar-refractivity contribution in [1.82, 2.24) is 4.98 Å². The summed E-state index contributed by atoms with van der Waals surface area (Å²) in [6.45, 7) is -0.578. The minimum Gasteiger partial charge on any atom is -0.492 e. The zero-order chi connectivity index (χ0) is 14.0. The summed E-state index contributed by atoms with van der Waals surface area (Å²) in [7, 11) is 1.31. The van der Waals surface area contributed by atoms with Crippen LogP contribution in [0.5, 0.6) is 0 Å². The quantitative estimate of drug-likeness (QED) is 0.731. The average molecular weight is 263 g/mol. The number of H-pyrrole nitrogens is 1. The van der Waals surface area contributed by atoms with Gasteiger partial charge in [-0.15, -0.1) is 0 Å². The maximum atomic E-state index is 12.1. The highest BCUT2D eigenvalue weighted by Gasteiger charge is 2.32. The number of rotatable bonds is 4. The minimum atomic E-state index is -0.443. The highest BCUT2D eigenvalue weighted by molar-refractivity contribution is 6.24. The van der Waals surface area contributed by atoms with Crippen molar-refractivity contribution < 1.29 is 24.5 Å². The fraction of sp³-hybridized carbons (Fsp3) is 0.231. The second kappa shape index (κ2) is 5.21. The Balaban J connectivity index is 2.60. The maximum Gasteiger partial charge on any atom is 0.230 e. The number of aromatic amines is 1. The zero-order valence-electron chi connectivity index (χ0n) is 10.3. The number of aliphatic hydroxyl groups is 2. The lowest BCUT2D eigenvalue weighted by Crippen LogP contribution is -2.18. The predicted octanol–water partition coefficient (Wildman–Crippen LogP) is 0.422. The molecule has 6 nitrogen and oxygen atoms in total. The molecule has 0 bridgehead atoms. The first-order valence-electron chi connectivity index (χ1n) is 5.61. The summed E-state index contributed by atoms with van der Waals surface area (Å²) in [6, 6.07) is 0. The van der Waals surface area contributed by atoms with Crippen LogP contribution in [0.15, 0.2) is 17.9 Å². The smallest absolute Gasteiger partial charge is 0.230 e. The third-order valence-corrected chi connectivity index (χ3v) is 2.86. The molecule has 0 radical (unpaired) electrons. The van der Waals surface area contributed by atoms with Crippen LogP contribution in [-0.4, -0.2) is 40.5 Å². The number of ether oxygens (including phenoxy) is 1. The van der Waals surface area contributed by atoms with E-state index in [4.69, 9.17) is 9.84 Å². The van der Waals surface area contributed by atoms with E-state index in [0.29, 0.717) is 11.3 Å². The SMILES string of the molecule is COC1=CC(=O)c2[nH]c(/C=C/CO)c(CO)c2C1=O. The summed E-state index contributed by atoms with van der Waals surface area (Å²) < 4.78 is 4.86. The molecule has 0 fully saturated rings. The van der Waals surface area contributed by atoms with Gasteiger partial charge in [0, 0.05) is 17.3 Å². The van der Waals surface area contributed by atoms with Gasteiger partial charge in [-0.3, -0.25) is 9.59 Å². The van der Waals surface area contributed by atoms with Crippen molar-refractivity contribution in [2.45, 2.75) is 6.61 Å². The van der Waals surface area contributed by atoms with Crippen LogP contribution in [0.25, 0.3) is 6.08 Å². The first-order valence-corrected chi connectivity index (χ1v) is 5.61. The fourth-order valence-corrected chi connectivity index (χ4v) is 2.00. The van der Waals surface area contributed by atoms with Crippen molar-refractivity contribution in [1.29, 1.82) is 0 Å². The zero-order valence-corrected chi connectivity index (χ0v) is 10.3. The third kappa shape index (κ3) is 2.11. The standard InChI is InChI=1S/C13H13NO5/c1-19-10-5-9(17)12-11(13(10)18)7(6-16)8(14-12)3-2-4-15/h2-3,5,14-16H,4,6H2,1H3/b3-2+. The van der Waals surface area contributed by atoms with E-state index in [1.165, 1.54) is 19.3 Å². The summed E-state index contributed by atoms with van der Waals surface area (Å²) in [5.41, 5.74) is 1.01. The number of hydrogen-bond acceptors (Lipinski definition) is 5. The van der Waals surface area contributed by atoms with Gasteiger partial charge in [0.25, 0.3) is 0 Å². The van der Waals surface area contributed by atoms with Crippen LogP contribution in [0.1, 0.15) is 32.1 Å². The monoisotopic (exact) mass is 263 g/mol. The van der Waals surface area contributed by atoms with Crippen molar-refractivity contribution in [3.63, 3.8) is 0 Å². The number of nitrogens with one attached hydrogen (secondary N) is 1. The second-order valence-corrected chi connectivity index (χ2v) is 3.92. The number of carbonyl (C=O) groups excluding carboxylic acids is 2. The summed E-state index contributed by atoms with van der Waals surface area (Å²) in [4.78, 5) is 26.8. The number of Topliss-reactive ketones (excluding diaryl/α,β-unsaturated/α-hetero) is 1. The topological polar surface area (TPSA) is 99.6 Å². The van der Waals surface area contributed by atoms with E-state index in [1.807, 2.05) is 0 Å². The molecule has 3 N–H and O–H groups in total.